The third kappa shape index (κ3) is 4.95. The summed E-state index contributed by atoms with van der Waals surface area (Å²) in [6.07, 6.45) is 21.3. The molecular weight excluding hydrogens is 532 g/mol. The average molecular weight is 571 g/mol. The van der Waals surface area contributed by atoms with Crippen molar-refractivity contribution in [1.29, 1.82) is 0 Å². The second-order valence-corrected chi connectivity index (χ2v) is 12.3. The molecule has 0 radical (unpaired) electrons. The second-order valence-electron chi connectivity index (χ2n) is 12.3. The van der Waals surface area contributed by atoms with Crippen molar-refractivity contribution in [3.05, 3.63) is 174 Å². The van der Waals surface area contributed by atoms with Gasteiger partial charge >= 0.3 is 0 Å². The monoisotopic (exact) mass is 570 g/mol. The van der Waals surface area contributed by atoms with Crippen molar-refractivity contribution in [2.75, 3.05) is 4.90 Å². The predicted octanol–water partition coefficient (Wildman–Crippen LogP) is 10.9. The van der Waals surface area contributed by atoms with E-state index < -0.39 is 0 Å². The third-order valence-corrected chi connectivity index (χ3v) is 9.65. The van der Waals surface area contributed by atoms with Gasteiger partial charge < -0.3 is 9.47 Å². The van der Waals surface area contributed by atoms with E-state index in [1.807, 2.05) is 0 Å². The second kappa shape index (κ2) is 11.7. The number of hydrogen-bond acceptors (Lipinski definition) is 1. The van der Waals surface area contributed by atoms with Crippen LogP contribution in [0.5, 0.6) is 0 Å². The molecule has 0 amide bonds. The third-order valence-electron chi connectivity index (χ3n) is 9.65. The number of hydrogen-bond donors (Lipinski definition) is 0. The van der Waals surface area contributed by atoms with E-state index >= 15 is 0 Å². The van der Waals surface area contributed by atoms with Gasteiger partial charge in [-0.15, -0.1) is 0 Å². The van der Waals surface area contributed by atoms with E-state index in [9.17, 15) is 0 Å². The molecule has 0 aliphatic heterocycles. The highest BCUT2D eigenvalue weighted by molar-refractivity contribution is 5.86. The zero-order valence-electron chi connectivity index (χ0n) is 25.1. The van der Waals surface area contributed by atoms with Crippen molar-refractivity contribution in [3.63, 3.8) is 0 Å². The minimum atomic E-state index is 0.365. The topological polar surface area (TPSA) is 8.17 Å². The number of para-hydroxylation sites is 2. The molecular formula is C42H38N2. The van der Waals surface area contributed by atoms with E-state index in [2.05, 4.69) is 155 Å². The largest absolute Gasteiger partial charge is 0.337 e. The van der Waals surface area contributed by atoms with Gasteiger partial charge in [0.25, 0.3) is 0 Å². The van der Waals surface area contributed by atoms with Crippen LogP contribution in [0, 0.1) is 0 Å². The Bertz CT molecular complexity index is 1920. The molecule has 0 saturated carbocycles. The summed E-state index contributed by atoms with van der Waals surface area (Å²) in [6, 6.07) is 40.0. The van der Waals surface area contributed by atoms with E-state index in [0.717, 1.165) is 12.8 Å². The lowest BCUT2D eigenvalue weighted by Crippen LogP contribution is -2.17. The number of anilines is 2. The van der Waals surface area contributed by atoms with Crippen LogP contribution in [0.4, 0.5) is 11.4 Å². The van der Waals surface area contributed by atoms with Crippen LogP contribution in [-0.2, 0) is 12.8 Å². The minimum Gasteiger partial charge on any atom is -0.337 e. The molecule has 0 fully saturated rings. The standard InChI is InChI=1S/C42H38N2/c1-3-12-31(13-4-1)32-22-26-36(27-23-32)43(35-15-5-2-6-16-35)38-17-11-14-34(30-38)33-24-28-37(29-25-33)44-41-20-9-7-18-39(41)40-19-8-10-21-42(40)44/h1-7,9,11-18,20,22,24-28,30,32,37H,8,10,19,21,23,29H2. The van der Waals surface area contributed by atoms with Gasteiger partial charge in [-0.3, -0.25) is 0 Å². The van der Waals surface area contributed by atoms with Crippen LogP contribution in [0.25, 0.3) is 16.5 Å². The maximum absolute atomic E-state index is 2.64. The number of aryl methyl sites for hydroxylation is 1. The molecule has 2 nitrogen and oxygen atoms in total. The van der Waals surface area contributed by atoms with Crippen molar-refractivity contribution in [2.45, 2.75) is 50.5 Å². The Morgan fingerprint density at radius 3 is 2.20 bits per heavy atom. The van der Waals surface area contributed by atoms with E-state index in [1.54, 1.807) is 11.3 Å². The fourth-order valence-electron chi connectivity index (χ4n) is 7.49. The molecule has 0 spiro atoms. The molecule has 1 aromatic heterocycles. The zero-order valence-corrected chi connectivity index (χ0v) is 25.1. The first kappa shape index (κ1) is 26.8. The Morgan fingerprint density at radius 2 is 1.41 bits per heavy atom. The van der Waals surface area contributed by atoms with E-state index in [1.165, 1.54) is 70.4 Å². The van der Waals surface area contributed by atoms with Crippen molar-refractivity contribution in [3.8, 4) is 0 Å². The highest BCUT2D eigenvalue weighted by Crippen LogP contribution is 2.39. The van der Waals surface area contributed by atoms with Crippen LogP contribution in [0.2, 0.25) is 0 Å². The van der Waals surface area contributed by atoms with Crippen LogP contribution in [0.15, 0.2) is 151 Å². The molecule has 3 aliphatic rings. The minimum absolute atomic E-state index is 0.365. The maximum Gasteiger partial charge on any atom is 0.0557 e. The lowest BCUT2D eigenvalue weighted by molar-refractivity contribution is 0.567. The van der Waals surface area contributed by atoms with E-state index in [0.29, 0.717) is 12.0 Å². The molecule has 4 aromatic carbocycles. The van der Waals surface area contributed by atoms with Gasteiger partial charge in [-0.2, -0.15) is 0 Å². The van der Waals surface area contributed by atoms with Crippen LogP contribution in [0.3, 0.4) is 0 Å². The Kier molecular flexibility index (Phi) is 7.12. The molecule has 2 unspecified atom stereocenters. The lowest BCUT2D eigenvalue weighted by atomic mass is 9.91. The normalized spacial score (nSPS) is 19.4. The maximum atomic E-state index is 2.64. The molecule has 1 heterocycles. The number of nitrogens with zero attached hydrogens (tertiary/aromatic N) is 2. The van der Waals surface area contributed by atoms with Crippen LogP contribution >= 0.6 is 0 Å². The molecule has 0 saturated heterocycles. The molecule has 2 atom stereocenters. The summed E-state index contributed by atoms with van der Waals surface area (Å²) < 4.78 is 2.64. The highest BCUT2D eigenvalue weighted by Gasteiger charge is 2.24. The molecule has 44 heavy (non-hydrogen) atoms. The first-order valence-corrected chi connectivity index (χ1v) is 16.2. The van der Waals surface area contributed by atoms with Gasteiger partial charge in [0.1, 0.15) is 0 Å². The Labute approximate surface area is 261 Å². The fraction of sp³-hybridized carbons (Fsp3) is 0.190. The number of fused-ring (bicyclic) bond motifs is 3. The summed E-state index contributed by atoms with van der Waals surface area (Å²) in [7, 11) is 0. The first-order chi connectivity index (χ1) is 21.8. The summed E-state index contributed by atoms with van der Waals surface area (Å²) in [5.74, 6) is 0.414. The smallest absolute Gasteiger partial charge is 0.0557 e. The van der Waals surface area contributed by atoms with Crippen LogP contribution in [0.1, 0.15) is 60.0 Å². The van der Waals surface area contributed by atoms with Gasteiger partial charge in [-0.25, -0.2) is 0 Å². The molecule has 0 N–H and O–H groups in total. The quantitative estimate of drug-likeness (QED) is 0.197. The molecule has 5 aromatic rings. The number of benzene rings is 4. The number of allylic oxidation sites excluding steroid dienone is 7. The Balaban J connectivity index is 1.09. The van der Waals surface area contributed by atoms with Gasteiger partial charge in [0, 0.05) is 39.6 Å². The number of rotatable bonds is 6. The molecule has 3 aliphatic carbocycles. The van der Waals surface area contributed by atoms with Crippen molar-refractivity contribution < 1.29 is 0 Å². The first-order valence-electron chi connectivity index (χ1n) is 16.2. The summed E-state index contributed by atoms with van der Waals surface area (Å²) in [6.45, 7) is 0. The molecule has 0 bridgehead atoms. The number of aromatic nitrogens is 1. The predicted molar refractivity (Wildman–Crippen MR) is 185 cm³/mol. The van der Waals surface area contributed by atoms with Crippen molar-refractivity contribution in [1.82, 2.24) is 4.57 Å². The molecule has 8 rings (SSSR count). The van der Waals surface area contributed by atoms with Gasteiger partial charge in [0.15, 0.2) is 0 Å². The Hall–Kier alpha value is -4.82. The van der Waals surface area contributed by atoms with Gasteiger partial charge in [-0.05, 0) is 97.2 Å². The van der Waals surface area contributed by atoms with Crippen molar-refractivity contribution in [2.24, 2.45) is 0 Å². The summed E-state index contributed by atoms with van der Waals surface area (Å²) in [4.78, 5) is 2.40. The summed E-state index contributed by atoms with van der Waals surface area (Å²) in [5.41, 5.74) is 12.1. The van der Waals surface area contributed by atoms with Gasteiger partial charge in [0.05, 0.1) is 6.04 Å². The SMILES string of the molecule is C1=CC(n2c3c(c4ccccc42)CCCC3)CC=C1c1cccc(N(C2=CCC(c3ccccc3)C=C2)c2ccccc2)c1. The van der Waals surface area contributed by atoms with Gasteiger partial charge in [-0.1, -0.05) is 109 Å². The Morgan fingerprint density at radius 1 is 0.636 bits per heavy atom. The molecule has 216 valence electrons. The average Bonchev–Trinajstić information content (AvgIpc) is 3.44. The summed E-state index contributed by atoms with van der Waals surface area (Å²) >= 11 is 0. The summed E-state index contributed by atoms with van der Waals surface area (Å²) in [5, 5.41) is 1.46. The van der Waals surface area contributed by atoms with E-state index in [-0.39, 0.29) is 0 Å². The van der Waals surface area contributed by atoms with Gasteiger partial charge in [0.2, 0.25) is 0 Å². The van der Waals surface area contributed by atoms with Crippen LogP contribution in [-0.4, -0.2) is 4.57 Å². The lowest BCUT2D eigenvalue weighted by Gasteiger charge is -2.29. The highest BCUT2D eigenvalue weighted by atomic mass is 15.1. The molecule has 2 heteroatoms. The van der Waals surface area contributed by atoms with Crippen LogP contribution < -0.4 is 4.90 Å². The van der Waals surface area contributed by atoms with E-state index in [4.69, 9.17) is 0 Å². The zero-order chi connectivity index (χ0) is 29.3. The fourth-order valence-corrected chi connectivity index (χ4v) is 7.49. The van der Waals surface area contributed by atoms with Crippen molar-refractivity contribution >= 4 is 27.9 Å².